The molecule has 7 nitrogen and oxygen atoms in total. The maximum absolute atomic E-state index is 6.65. The molecule has 2 aromatic carbocycles. The second-order valence-corrected chi connectivity index (χ2v) is 7.57. The Balaban J connectivity index is 0.00000171. The lowest BCUT2D eigenvalue weighted by Gasteiger charge is -2.31. The molecule has 0 spiro atoms. The average Bonchev–Trinajstić information content (AvgIpc) is 3.16. The van der Waals surface area contributed by atoms with E-state index in [0.717, 1.165) is 27.2 Å². The minimum absolute atomic E-state index is 0. The number of benzene rings is 2. The summed E-state index contributed by atoms with van der Waals surface area (Å²) in [5, 5.41) is 2.46. The quantitative estimate of drug-likeness (QED) is 0.379. The highest BCUT2D eigenvalue weighted by molar-refractivity contribution is 8.00. The van der Waals surface area contributed by atoms with Gasteiger partial charge >= 0.3 is 0 Å². The number of ether oxygens (including phenoxy) is 2. The maximum atomic E-state index is 6.65. The van der Waals surface area contributed by atoms with Gasteiger partial charge in [-0.3, -0.25) is 9.30 Å². The Morgan fingerprint density at radius 1 is 1.06 bits per heavy atom. The van der Waals surface area contributed by atoms with Crippen molar-refractivity contribution in [2.45, 2.75) is 5.16 Å². The number of nitrogens with zero attached hydrogens (tertiary/aromatic N) is 5. The minimum Gasteiger partial charge on any atom is -0.493 e. The molecule has 2 heterocycles. The molecular formula is C20H22Cl3N5O2S. The van der Waals surface area contributed by atoms with Crippen LogP contribution in [0.25, 0.3) is 5.82 Å². The molecule has 0 radical (unpaired) electrons. The summed E-state index contributed by atoms with van der Waals surface area (Å²) in [5.74, 6) is 2.01. The molecule has 166 valence electrons. The van der Waals surface area contributed by atoms with E-state index in [2.05, 4.69) is 14.3 Å². The van der Waals surface area contributed by atoms with Crippen molar-refractivity contribution >= 4 is 60.0 Å². The van der Waals surface area contributed by atoms with Crippen molar-refractivity contribution in [1.82, 2.24) is 14.0 Å². The van der Waals surface area contributed by atoms with Crippen LogP contribution in [0, 0.1) is 0 Å². The predicted octanol–water partition coefficient (Wildman–Crippen LogP) is 3.61. The third-order valence-electron chi connectivity index (χ3n) is 4.47. The first kappa shape index (κ1) is 25.0. The molecule has 11 heteroatoms. The van der Waals surface area contributed by atoms with E-state index < -0.39 is 0 Å². The zero-order valence-corrected chi connectivity index (χ0v) is 20.3. The number of methoxy groups -OCH3 is 2. The van der Waals surface area contributed by atoms with Gasteiger partial charge in [-0.25, -0.2) is 9.40 Å². The lowest BCUT2D eigenvalue weighted by molar-refractivity contribution is 0.353. The van der Waals surface area contributed by atoms with Gasteiger partial charge in [0, 0.05) is 54.5 Å². The third kappa shape index (κ3) is 4.98. The molecule has 0 saturated heterocycles. The van der Waals surface area contributed by atoms with Gasteiger partial charge in [0.05, 0.1) is 25.3 Å². The fourth-order valence-corrected chi connectivity index (χ4v) is 4.26. The first-order chi connectivity index (χ1) is 14.1. The van der Waals surface area contributed by atoms with Crippen LogP contribution in [-0.4, -0.2) is 34.9 Å². The molecule has 0 aliphatic carbocycles. The monoisotopic (exact) mass is 501 g/mol. The Morgan fingerprint density at radius 3 is 2.35 bits per heavy atom. The number of hydrogen-bond acceptors (Lipinski definition) is 7. The van der Waals surface area contributed by atoms with Crippen LogP contribution >= 0.6 is 48.5 Å². The summed E-state index contributed by atoms with van der Waals surface area (Å²) in [7, 11) is 5.18. The van der Waals surface area contributed by atoms with Gasteiger partial charge in [-0.05, 0) is 18.2 Å². The Bertz CT molecular complexity index is 1140. The SMILES string of the molecule is COc1cc2c(cc1OC)=C(N(Sc1nccn1C)c1ccccc1)N(Cl)CN=2.Cl.Cl. The van der Waals surface area contributed by atoms with Gasteiger partial charge < -0.3 is 14.0 Å². The normalized spacial score (nSPS) is 12.1. The Kier molecular flexibility index (Phi) is 8.76. The third-order valence-corrected chi connectivity index (χ3v) is 5.86. The molecule has 0 N–H and O–H groups in total. The summed E-state index contributed by atoms with van der Waals surface area (Å²) < 4.78 is 16.6. The fourth-order valence-electron chi connectivity index (χ4n) is 3.03. The number of aryl methyl sites for hydroxylation is 1. The fraction of sp³-hybridized carbons (Fsp3) is 0.200. The van der Waals surface area contributed by atoms with Crippen molar-refractivity contribution in [3.63, 3.8) is 0 Å². The van der Waals surface area contributed by atoms with Gasteiger partial charge in [-0.15, -0.1) is 24.8 Å². The zero-order valence-electron chi connectivity index (χ0n) is 17.1. The van der Waals surface area contributed by atoms with E-state index in [1.54, 1.807) is 24.8 Å². The molecule has 0 amide bonds. The van der Waals surface area contributed by atoms with Crippen molar-refractivity contribution < 1.29 is 9.47 Å². The molecule has 0 unspecified atom stereocenters. The Morgan fingerprint density at radius 2 is 1.74 bits per heavy atom. The number of halogens is 3. The van der Waals surface area contributed by atoms with Crippen LogP contribution in [0.4, 0.5) is 5.69 Å². The van der Waals surface area contributed by atoms with Crippen molar-refractivity contribution in [2.75, 3.05) is 25.2 Å². The van der Waals surface area contributed by atoms with E-state index in [-0.39, 0.29) is 24.8 Å². The Hall–Kier alpha value is -2.26. The number of para-hydroxylation sites is 1. The highest BCUT2D eigenvalue weighted by atomic mass is 35.5. The summed E-state index contributed by atoms with van der Waals surface area (Å²) in [5.41, 5.74) is 0.962. The number of aromatic nitrogens is 2. The molecule has 0 bridgehead atoms. The van der Waals surface area contributed by atoms with E-state index in [1.165, 1.54) is 11.9 Å². The van der Waals surface area contributed by atoms with Gasteiger partial charge in [-0.2, -0.15) is 0 Å². The number of anilines is 1. The van der Waals surface area contributed by atoms with E-state index in [1.807, 2.05) is 60.3 Å². The second kappa shape index (κ2) is 10.9. The Labute approximate surface area is 202 Å². The second-order valence-electron chi connectivity index (χ2n) is 6.25. The molecule has 1 aliphatic heterocycles. The maximum Gasteiger partial charge on any atom is 0.189 e. The van der Waals surface area contributed by atoms with Crippen molar-refractivity contribution in [2.24, 2.45) is 12.0 Å². The van der Waals surface area contributed by atoms with Gasteiger partial charge in [0.1, 0.15) is 12.5 Å². The molecular weight excluding hydrogens is 481 g/mol. The smallest absolute Gasteiger partial charge is 0.189 e. The highest BCUT2D eigenvalue weighted by Crippen LogP contribution is 2.34. The number of hydrogen-bond donors (Lipinski definition) is 0. The topological polar surface area (TPSA) is 55.1 Å². The summed E-state index contributed by atoms with van der Waals surface area (Å²) in [4.78, 5) is 9.04. The van der Waals surface area contributed by atoms with E-state index >= 15 is 0 Å². The number of imidazole rings is 1. The van der Waals surface area contributed by atoms with E-state index in [0.29, 0.717) is 18.2 Å². The number of rotatable bonds is 6. The van der Waals surface area contributed by atoms with Crippen LogP contribution in [0.5, 0.6) is 11.5 Å². The van der Waals surface area contributed by atoms with Crippen molar-refractivity contribution in [1.29, 1.82) is 0 Å². The summed E-state index contributed by atoms with van der Waals surface area (Å²) in [6.07, 6.45) is 3.68. The molecule has 31 heavy (non-hydrogen) atoms. The van der Waals surface area contributed by atoms with Crippen LogP contribution in [0.2, 0.25) is 0 Å². The van der Waals surface area contributed by atoms with Crippen LogP contribution in [0.3, 0.4) is 0 Å². The minimum atomic E-state index is 0. The van der Waals surface area contributed by atoms with Crippen LogP contribution < -0.4 is 24.4 Å². The van der Waals surface area contributed by atoms with E-state index in [9.17, 15) is 0 Å². The van der Waals surface area contributed by atoms with E-state index in [4.69, 9.17) is 21.3 Å². The molecule has 0 saturated carbocycles. The van der Waals surface area contributed by atoms with Crippen LogP contribution in [0.15, 0.2) is 65.0 Å². The first-order valence-corrected chi connectivity index (χ1v) is 9.98. The standard InChI is InChI=1S/C20H20ClN5O2S.2ClH/c1-24-10-9-22-20(24)29-26(14-7-5-4-6-8-14)19-15-11-17(27-2)18(28-3)12-16(15)23-13-25(19)21;;/h4-12H,13H2,1-3H3;2*1H. The van der Waals surface area contributed by atoms with Gasteiger partial charge in [0.15, 0.2) is 16.7 Å². The van der Waals surface area contributed by atoms with Gasteiger partial charge in [0.2, 0.25) is 0 Å². The average molecular weight is 503 g/mol. The van der Waals surface area contributed by atoms with Crippen molar-refractivity contribution in [3.05, 3.63) is 65.4 Å². The molecule has 1 aromatic heterocycles. The van der Waals surface area contributed by atoms with Gasteiger partial charge in [0.25, 0.3) is 0 Å². The highest BCUT2D eigenvalue weighted by Gasteiger charge is 2.25. The lowest BCUT2D eigenvalue weighted by atomic mass is 10.2. The molecule has 0 fully saturated rings. The summed E-state index contributed by atoms with van der Waals surface area (Å²) >= 11 is 8.13. The first-order valence-electron chi connectivity index (χ1n) is 8.87. The zero-order chi connectivity index (χ0) is 20.4. The summed E-state index contributed by atoms with van der Waals surface area (Å²) in [6, 6.07) is 13.8. The summed E-state index contributed by atoms with van der Waals surface area (Å²) in [6.45, 7) is 0.309. The largest absolute Gasteiger partial charge is 0.493 e. The van der Waals surface area contributed by atoms with Gasteiger partial charge in [-0.1, -0.05) is 18.2 Å². The molecule has 1 aliphatic rings. The molecule has 0 atom stereocenters. The van der Waals surface area contributed by atoms with Crippen molar-refractivity contribution in [3.8, 4) is 11.5 Å². The molecule has 3 aromatic rings. The predicted molar refractivity (Wildman–Crippen MR) is 129 cm³/mol. The molecule has 4 rings (SSSR count). The number of fused-ring (bicyclic) bond motifs is 1. The van der Waals surface area contributed by atoms with Crippen LogP contribution in [-0.2, 0) is 7.05 Å². The lowest BCUT2D eigenvalue weighted by Crippen LogP contribution is -2.42. The van der Waals surface area contributed by atoms with Crippen LogP contribution in [0.1, 0.15) is 0 Å².